The molecule has 2 aliphatic heterocycles. The predicted molar refractivity (Wildman–Crippen MR) is 96.6 cm³/mol. The Morgan fingerprint density at radius 2 is 2.12 bits per heavy atom. The van der Waals surface area contributed by atoms with Crippen molar-refractivity contribution in [3.8, 4) is 5.75 Å². The number of benzene rings is 1. The summed E-state index contributed by atoms with van der Waals surface area (Å²) in [5.41, 5.74) is 3.40. The van der Waals surface area contributed by atoms with Crippen LogP contribution in [0.5, 0.6) is 5.75 Å². The van der Waals surface area contributed by atoms with E-state index in [-0.39, 0.29) is 18.2 Å². The summed E-state index contributed by atoms with van der Waals surface area (Å²) < 4.78 is 5.38. The normalized spacial score (nSPS) is 21.0. The van der Waals surface area contributed by atoms with Gasteiger partial charge in [0.25, 0.3) is 0 Å². The van der Waals surface area contributed by atoms with Crippen molar-refractivity contribution in [3.05, 3.63) is 28.8 Å². The summed E-state index contributed by atoms with van der Waals surface area (Å²) in [7, 11) is 1.67. The molecule has 0 radical (unpaired) electrons. The summed E-state index contributed by atoms with van der Waals surface area (Å²) in [6, 6.07) is 3.53. The summed E-state index contributed by atoms with van der Waals surface area (Å²) in [6.45, 7) is 7.21. The topological polar surface area (TPSA) is 71.1 Å². The van der Waals surface area contributed by atoms with E-state index in [2.05, 4.69) is 17.1 Å². The number of piperazine rings is 1. The Bertz CT molecular complexity index is 686. The smallest absolute Gasteiger partial charge is 0.248 e. The number of carbonyl (C=O) groups is 2. The van der Waals surface area contributed by atoms with E-state index in [1.165, 1.54) is 5.06 Å². The largest absolute Gasteiger partial charge is 0.496 e. The van der Waals surface area contributed by atoms with E-state index in [1.54, 1.807) is 7.11 Å². The fraction of sp³-hybridized carbons (Fsp3) is 0.579. The van der Waals surface area contributed by atoms with E-state index in [0.717, 1.165) is 35.4 Å². The molecule has 0 spiro atoms. The molecule has 1 aromatic carbocycles. The molecule has 0 saturated carbocycles. The number of ether oxygens (including phenoxy) is 1. The van der Waals surface area contributed by atoms with Crippen molar-refractivity contribution in [2.24, 2.45) is 0 Å². The van der Waals surface area contributed by atoms with Crippen molar-refractivity contribution in [1.29, 1.82) is 0 Å². The highest BCUT2D eigenvalue weighted by Gasteiger charge is 2.34. The SMILES string of the molecule is COc1ccc(CN2CCNC(=O)[C@@H]2CC(=O)N2CCCO2)c(C)c1C. The monoisotopic (exact) mass is 361 g/mol. The van der Waals surface area contributed by atoms with E-state index < -0.39 is 6.04 Å². The molecular weight excluding hydrogens is 334 g/mol. The van der Waals surface area contributed by atoms with Gasteiger partial charge in [-0.25, -0.2) is 5.06 Å². The van der Waals surface area contributed by atoms with Gasteiger partial charge in [-0.05, 0) is 43.0 Å². The Morgan fingerprint density at radius 1 is 1.31 bits per heavy atom. The molecule has 0 aliphatic carbocycles. The van der Waals surface area contributed by atoms with E-state index >= 15 is 0 Å². The molecule has 3 rings (SSSR count). The van der Waals surface area contributed by atoms with Gasteiger partial charge in [0.2, 0.25) is 11.8 Å². The van der Waals surface area contributed by atoms with Gasteiger partial charge in [0.1, 0.15) is 5.75 Å². The summed E-state index contributed by atoms with van der Waals surface area (Å²) >= 11 is 0. The third-order valence-electron chi connectivity index (χ3n) is 5.28. The summed E-state index contributed by atoms with van der Waals surface area (Å²) in [5.74, 6) is 0.643. The lowest BCUT2D eigenvalue weighted by molar-refractivity contribution is -0.171. The molecule has 1 aromatic rings. The second-order valence-electron chi connectivity index (χ2n) is 6.84. The average molecular weight is 361 g/mol. The minimum absolute atomic E-state index is 0.0910. The van der Waals surface area contributed by atoms with Crippen LogP contribution in [0, 0.1) is 13.8 Å². The number of nitrogens with zero attached hydrogens (tertiary/aromatic N) is 2. The van der Waals surface area contributed by atoms with Crippen LogP contribution in [0.2, 0.25) is 0 Å². The highest BCUT2D eigenvalue weighted by molar-refractivity contribution is 5.88. The number of methoxy groups -OCH3 is 1. The van der Waals surface area contributed by atoms with Crippen LogP contribution in [-0.4, -0.2) is 61.2 Å². The minimum atomic E-state index is -0.470. The molecule has 0 bridgehead atoms. The maximum atomic E-state index is 12.4. The number of hydrogen-bond acceptors (Lipinski definition) is 5. The Morgan fingerprint density at radius 3 is 2.81 bits per heavy atom. The highest BCUT2D eigenvalue weighted by atomic mass is 16.7. The number of nitrogens with one attached hydrogen (secondary N) is 1. The zero-order valence-electron chi connectivity index (χ0n) is 15.7. The Labute approximate surface area is 154 Å². The van der Waals surface area contributed by atoms with Crippen molar-refractivity contribution in [3.63, 3.8) is 0 Å². The number of amides is 2. The van der Waals surface area contributed by atoms with Gasteiger partial charge >= 0.3 is 0 Å². The Kier molecular flexibility index (Phi) is 5.78. The van der Waals surface area contributed by atoms with Gasteiger partial charge in [0.15, 0.2) is 0 Å². The minimum Gasteiger partial charge on any atom is -0.496 e. The lowest BCUT2D eigenvalue weighted by Crippen LogP contribution is -2.56. The third kappa shape index (κ3) is 3.83. The summed E-state index contributed by atoms with van der Waals surface area (Å²) in [6.07, 6.45) is 0.983. The van der Waals surface area contributed by atoms with Crippen LogP contribution in [0.4, 0.5) is 0 Å². The molecular formula is C19H27N3O4. The maximum Gasteiger partial charge on any atom is 0.248 e. The fourth-order valence-corrected chi connectivity index (χ4v) is 3.55. The molecule has 2 saturated heterocycles. The lowest BCUT2D eigenvalue weighted by atomic mass is 10.00. The van der Waals surface area contributed by atoms with Crippen LogP contribution in [0.15, 0.2) is 12.1 Å². The highest BCUT2D eigenvalue weighted by Crippen LogP contribution is 2.26. The first-order chi connectivity index (χ1) is 12.5. The molecule has 0 unspecified atom stereocenters. The first-order valence-corrected chi connectivity index (χ1v) is 9.09. The van der Waals surface area contributed by atoms with Gasteiger partial charge in [-0.2, -0.15) is 0 Å². The number of carbonyl (C=O) groups excluding carboxylic acids is 2. The molecule has 2 aliphatic rings. The van der Waals surface area contributed by atoms with Crippen LogP contribution in [0.1, 0.15) is 29.5 Å². The quantitative estimate of drug-likeness (QED) is 0.852. The first-order valence-electron chi connectivity index (χ1n) is 9.09. The third-order valence-corrected chi connectivity index (χ3v) is 5.28. The van der Waals surface area contributed by atoms with Gasteiger partial charge in [-0.1, -0.05) is 6.07 Å². The zero-order chi connectivity index (χ0) is 18.7. The van der Waals surface area contributed by atoms with Gasteiger partial charge in [0.05, 0.1) is 32.7 Å². The number of hydrogen-bond donors (Lipinski definition) is 1. The zero-order valence-corrected chi connectivity index (χ0v) is 15.7. The van der Waals surface area contributed by atoms with Crippen molar-refractivity contribution in [1.82, 2.24) is 15.3 Å². The van der Waals surface area contributed by atoms with Crippen LogP contribution >= 0.6 is 0 Å². The molecule has 0 aromatic heterocycles. The van der Waals surface area contributed by atoms with Crippen molar-refractivity contribution < 1.29 is 19.2 Å². The van der Waals surface area contributed by atoms with Gasteiger partial charge in [-0.15, -0.1) is 0 Å². The standard InChI is InChI=1S/C19H27N3O4/c1-13-14(2)17(25-3)6-5-15(13)12-21-9-7-20-19(24)16(21)11-18(23)22-8-4-10-26-22/h5-6,16H,4,7-12H2,1-3H3,(H,20,24)/t16-/m0/s1. The molecule has 7 heteroatoms. The molecule has 7 nitrogen and oxygen atoms in total. The van der Waals surface area contributed by atoms with Gasteiger partial charge < -0.3 is 10.1 Å². The molecule has 2 fully saturated rings. The van der Waals surface area contributed by atoms with Crippen LogP contribution in [0.3, 0.4) is 0 Å². The fourth-order valence-electron chi connectivity index (χ4n) is 3.55. The van der Waals surface area contributed by atoms with E-state index in [9.17, 15) is 9.59 Å². The molecule has 26 heavy (non-hydrogen) atoms. The second-order valence-corrected chi connectivity index (χ2v) is 6.84. The Hall–Kier alpha value is -2.12. The Balaban J connectivity index is 1.75. The van der Waals surface area contributed by atoms with Crippen molar-refractivity contribution in [2.75, 3.05) is 33.4 Å². The van der Waals surface area contributed by atoms with Crippen molar-refractivity contribution in [2.45, 2.75) is 39.3 Å². The lowest BCUT2D eigenvalue weighted by Gasteiger charge is -2.35. The summed E-state index contributed by atoms with van der Waals surface area (Å²) in [5, 5.41) is 4.27. The summed E-state index contributed by atoms with van der Waals surface area (Å²) in [4.78, 5) is 32.3. The van der Waals surface area contributed by atoms with Crippen LogP contribution in [-0.2, 0) is 21.0 Å². The van der Waals surface area contributed by atoms with Crippen molar-refractivity contribution >= 4 is 11.8 Å². The molecule has 2 heterocycles. The predicted octanol–water partition coefficient (Wildman–Crippen LogP) is 1.17. The van der Waals surface area contributed by atoms with Gasteiger partial charge in [-0.3, -0.25) is 19.3 Å². The second kappa shape index (κ2) is 8.05. The molecule has 1 N–H and O–H groups in total. The van der Waals surface area contributed by atoms with E-state index in [1.807, 2.05) is 19.1 Å². The van der Waals surface area contributed by atoms with E-state index in [0.29, 0.717) is 26.2 Å². The molecule has 1 atom stereocenters. The number of rotatable bonds is 5. The maximum absolute atomic E-state index is 12.4. The molecule has 142 valence electrons. The van der Waals surface area contributed by atoms with Crippen LogP contribution in [0.25, 0.3) is 0 Å². The van der Waals surface area contributed by atoms with Crippen LogP contribution < -0.4 is 10.1 Å². The van der Waals surface area contributed by atoms with E-state index in [4.69, 9.17) is 9.57 Å². The average Bonchev–Trinajstić information content (AvgIpc) is 3.17. The first kappa shape index (κ1) is 18.7. The van der Waals surface area contributed by atoms with Gasteiger partial charge in [0, 0.05) is 19.6 Å². The number of hydroxylamine groups is 2. The molecule has 2 amide bonds.